The van der Waals surface area contributed by atoms with E-state index >= 15 is 0 Å². The normalized spacial score (nSPS) is 13.8. The second kappa shape index (κ2) is 14.1. The number of ketones is 4. The van der Waals surface area contributed by atoms with Gasteiger partial charge in [0.15, 0.2) is 17.3 Å². The Morgan fingerprint density at radius 1 is 0.846 bits per heavy atom. The predicted molar refractivity (Wildman–Crippen MR) is 149 cm³/mol. The monoisotopic (exact) mass is 537 g/mol. The largest absolute Gasteiger partial charge is 0.346 e. The lowest BCUT2D eigenvalue weighted by Gasteiger charge is -2.30. The Morgan fingerprint density at radius 2 is 1.44 bits per heavy atom. The fourth-order valence-electron chi connectivity index (χ4n) is 4.38. The summed E-state index contributed by atoms with van der Waals surface area (Å²) in [6.07, 6.45) is 0.0854. The molecule has 0 aromatic heterocycles. The maximum Gasteiger partial charge on any atom is 0.224 e. The molecule has 210 valence electrons. The maximum absolute atomic E-state index is 13.2. The Labute approximate surface area is 230 Å². The first-order valence-corrected chi connectivity index (χ1v) is 13.4. The first-order chi connectivity index (χ1) is 18.2. The van der Waals surface area contributed by atoms with Gasteiger partial charge >= 0.3 is 0 Å². The lowest BCUT2D eigenvalue weighted by molar-refractivity contribution is -0.141. The van der Waals surface area contributed by atoms with E-state index in [0.717, 1.165) is 5.56 Å². The second-order valence-electron chi connectivity index (χ2n) is 11.6. The minimum Gasteiger partial charge on any atom is -0.346 e. The Morgan fingerprint density at radius 3 is 1.97 bits per heavy atom. The molecule has 6 nitrogen and oxygen atoms in total. The van der Waals surface area contributed by atoms with Crippen molar-refractivity contribution in [1.82, 2.24) is 5.32 Å². The van der Waals surface area contributed by atoms with Gasteiger partial charge in [-0.05, 0) is 42.4 Å². The third-order valence-corrected chi connectivity index (χ3v) is 7.08. The van der Waals surface area contributed by atoms with Crippen molar-refractivity contribution in [2.45, 2.75) is 73.3 Å². The second-order valence-corrected chi connectivity index (χ2v) is 11.6. The van der Waals surface area contributed by atoms with Crippen molar-refractivity contribution in [3.05, 3.63) is 71.5 Å². The number of nitrogens with one attached hydrogen (secondary N) is 1. The summed E-state index contributed by atoms with van der Waals surface area (Å²) in [4.78, 5) is 64.7. The molecule has 3 atom stereocenters. The molecule has 1 amide bonds. The van der Waals surface area contributed by atoms with Crippen molar-refractivity contribution >= 4 is 29.0 Å². The van der Waals surface area contributed by atoms with E-state index in [1.165, 1.54) is 12.1 Å². The number of halogens is 1. The Kier molecular flexibility index (Phi) is 11.4. The van der Waals surface area contributed by atoms with Crippen molar-refractivity contribution in [2.24, 2.45) is 23.2 Å². The molecule has 0 spiro atoms. The molecular formula is C32H40FNO5. The van der Waals surface area contributed by atoms with Crippen molar-refractivity contribution in [3.8, 4) is 0 Å². The predicted octanol–water partition coefficient (Wildman–Crippen LogP) is 5.57. The minimum absolute atomic E-state index is 0.00405. The average molecular weight is 538 g/mol. The van der Waals surface area contributed by atoms with Gasteiger partial charge < -0.3 is 5.32 Å². The van der Waals surface area contributed by atoms with Crippen molar-refractivity contribution in [3.63, 3.8) is 0 Å². The van der Waals surface area contributed by atoms with E-state index in [0.29, 0.717) is 12.0 Å². The number of carbonyl (C=O) groups excluding carboxylic acids is 5. The van der Waals surface area contributed by atoms with Crippen LogP contribution in [-0.2, 0) is 25.6 Å². The van der Waals surface area contributed by atoms with Crippen molar-refractivity contribution in [1.29, 1.82) is 0 Å². The van der Waals surface area contributed by atoms with Crippen LogP contribution in [0.4, 0.5) is 4.39 Å². The summed E-state index contributed by atoms with van der Waals surface area (Å²) < 4.78 is 13.1. The van der Waals surface area contributed by atoms with Gasteiger partial charge in [-0.2, -0.15) is 0 Å². The Balaban J connectivity index is 2.02. The van der Waals surface area contributed by atoms with E-state index in [1.807, 2.05) is 26.8 Å². The van der Waals surface area contributed by atoms with Gasteiger partial charge in [0.1, 0.15) is 5.82 Å². The summed E-state index contributed by atoms with van der Waals surface area (Å²) in [6.45, 7) is 10.7. The van der Waals surface area contributed by atoms with E-state index in [1.54, 1.807) is 57.2 Å². The summed E-state index contributed by atoms with van der Waals surface area (Å²) in [5.41, 5.74) is 0.723. The SMILES string of the molecule is CC(C)[C@H](CC(=O)[C@H](C)NC(=O)[C@@H](CC(=O)c1ccccc1)C(C)(C)C)C(=O)C(=O)CCc1ccc(F)cc1. The van der Waals surface area contributed by atoms with Crippen LogP contribution >= 0.6 is 0 Å². The molecule has 2 aromatic rings. The summed E-state index contributed by atoms with van der Waals surface area (Å²) in [5, 5.41) is 2.74. The van der Waals surface area contributed by atoms with Crippen molar-refractivity contribution < 1.29 is 28.4 Å². The standard InChI is InChI=1S/C32H40FNO5/c1-20(2)25(30(38)27(35)17-14-22-12-15-24(33)16-13-22)18-28(36)21(3)34-31(39)26(32(4,5)6)19-29(37)23-10-8-7-9-11-23/h7-13,15-16,20-21,25-26H,14,17-19H2,1-6H3,(H,34,39)/t21-,25-,26+/m0/s1. The summed E-state index contributed by atoms with van der Waals surface area (Å²) >= 11 is 0. The fourth-order valence-corrected chi connectivity index (χ4v) is 4.38. The van der Waals surface area contributed by atoms with E-state index in [4.69, 9.17) is 0 Å². The number of carbonyl (C=O) groups is 5. The van der Waals surface area contributed by atoms with Crippen LogP contribution in [0.3, 0.4) is 0 Å². The zero-order valence-electron chi connectivity index (χ0n) is 23.8. The quantitative estimate of drug-likeness (QED) is 0.251. The summed E-state index contributed by atoms with van der Waals surface area (Å²) in [7, 11) is 0. The van der Waals surface area contributed by atoms with Crippen LogP contribution in [0.1, 0.15) is 76.7 Å². The van der Waals surface area contributed by atoms with Crippen LogP contribution < -0.4 is 5.32 Å². The lowest BCUT2D eigenvalue weighted by atomic mass is 9.76. The molecule has 0 bridgehead atoms. The van der Waals surface area contributed by atoms with Gasteiger partial charge in [-0.3, -0.25) is 24.0 Å². The maximum atomic E-state index is 13.2. The van der Waals surface area contributed by atoms with Crippen LogP contribution in [0.5, 0.6) is 0 Å². The first kappa shape index (κ1) is 31.7. The molecule has 2 rings (SSSR count). The number of hydrogen-bond donors (Lipinski definition) is 1. The van der Waals surface area contributed by atoms with Crippen LogP contribution in [0, 0.1) is 29.0 Å². The van der Waals surface area contributed by atoms with E-state index < -0.39 is 40.8 Å². The van der Waals surface area contributed by atoms with Gasteiger partial charge in [0.05, 0.1) is 12.0 Å². The van der Waals surface area contributed by atoms with Gasteiger partial charge in [-0.25, -0.2) is 4.39 Å². The third-order valence-electron chi connectivity index (χ3n) is 7.08. The molecule has 0 saturated heterocycles. The van der Waals surface area contributed by atoms with Gasteiger partial charge in [-0.1, -0.05) is 77.1 Å². The zero-order chi connectivity index (χ0) is 29.3. The number of amides is 1. The molecule has 0 aliphatic heterocycles. The molecular weight excluding hydrogens is 497 g/mol. The summed E-state index contributed by atoms with van der Waals surface area (Å²) in [6, 6.07) is 13.6. The minimum atomic E-state index is -0.891. The molecule has 0 aliphatic carbocycles. The van der Waals surface area contributed by atoms with Crippen molar-refractivity contribution in [2.75, 3.05) is 0 Å². The number of Topliss-reactive ketones (excluding diaryl/α,β-unsaturated/α-hetero) is 4. The molecule has 0 aliphatic rings. The Bertz CT molecular complexity index is 1170. The molecule has 0 fully saturated rings. The van der Waals surface area contributed by atoms with E-state index in [9.17, 15) is 28.4 Å². The highest BCUT2D eigenvalue weighted by atomic mass is 19.1. The number of benzene rings is 2. The average Bonchev–Trinajstić information content (AvgIpc) is 2.88. The Hall–Kier alpha value is -3.48. The van der Waals surface area contributed by atoms with Crippen LogP contribution in [-0.4, -0.2) is 35.1 Å². The molecule has 0 heterocycles. The topological polar surface area (TPSA) is 97.4 Å². The highest BCUT2D eigenvalue weighted by Gasteiger charge is 2.36. The smallest absolute Gasteiger partial charge is 0.224 e. The van der Waals surface area contributed by atoms with Crippen LogP contribution in [0.15, 0.2) is 54.6 Å². The van der Waals surface area contributed by atoms with Gasteiger partial charge in [0, 0.05) is 30.7 Å². The first-order valence-electron chi connectivity index (χ1n) is 13.4. The molecule has 2 aromatic carbocycles. The molecule has 1 N–H and O–H groups in total. The molecule has 39 heavy (non-hydrogen) atoms. The van der Waals surface area contributed by atoms with Gasteiger partial charge in [0.25, 0.3) is 0 Å². The molecule has 7 heteroatoms. The van der Waals surface area contributed by atoms with Gasteiger partial charge in [0.2, 0.25) is 11.7 Å². The van der Waals surface area contributed by atoms with Crippen LogP contribution in [0.25, 0.3) is 0 Å². The highest BCUT2D eigenvalue weighted by molar-refractivity contribution is 6.38. The van der Waals surface area contributed by atoms with Crippen LogP contribution in [0.2, 0.25) is 0 Å². The number of hydrogen-bond acceptors (Lipinski definition) is 5. The zero-order valence-corrected chi connectivity index (χ0v) is 23.8. The number of rotatable bonds is 14. The number of aryl methyl sites for hydroxylation is 1. The molecule has 0 saturated carbocycles. The highest BCUT2D eigenvalue weighted by Crippen LogP contribution is 2.30. The molecule has 0 unspecified atom stereocenters. The third kappa shape index (κ3) is 9.65. The van der Waals surface area contributed by atoms with E-state index in [-0.39, 0.29) is 42.6 Å². The fraction of sp³-hybridized carbons (Fsp3) is 0.469. The van der Waals surface area contributed by atoms with E-state index in [2.05, 4.69) is 5.32 Å². The van der Waals surface area contributed by atoms with Gasteiger partial charge in [-0.15, -0.1) is 0 Å². The molecule has 0 radical (unpaired) electrons. The summed E-state index contributed by atoms with van der Waals surface area (Å²) in [5.74, 6) is -4.22. The lowest BCUT2D eigenvalue weighted by Crippen LogP contribution is -2.46.